The van der Waals surface area contributed by atoms with Gasteiger partial charge in [-0.2, -0.15) is 0 Å². The van der Waals surface area contributed by atoms with E-state index in [9.17, 15) is 9.90 Å². The lowest BCUT2D eigenvalue weighted by Crippen LogP contribution is -2.58. The van der Waals surface area contributed by atoms with Gasteiger partial charge in [-0.15, -0.1) is 10.2 Å². The molecule has 1 aromatic carbocycles. The second-order valence-corrected chi connectivity index (χ2v) is 8.69. The molecule has 2 atom stereocenters. The van der Waals surface area contributed by atoms with Crippen LogP contribution in [-0.4, -0.2) is 69.2 Å². The molecule has 2 aromatic rings. The second kappa shape index (κ2) is 8.63. The minimum atomic E-state index is -0.890. The quantitative estimate of drug-likeness (QED) is 0.753. The average molecular weight is 413 g/mol. The summed E-state index contributed by atoms with van der Waals surface area (Å²) in [4.78, 5) is 15.8. The van der Waals surface area contributed by atoms with E-state index in [1.54, 1.807) is 0 Å². The predicted molar refractivity (Wildman–Crippen MR) is 117 cm³/mol. The molecule has 0 saturated carbocycles. The van der Waals surface area contributed by atoms with E-state index in [1.807, 2.05) is 37.3 Å². The van der Waals surface area contributed by atoms with Crippen LogP contribution < -0.4 is 9.91 Å². The largest absolute Gasteiger partial charge is 0.465 e. The summed E-state index contributed by atoms with van der Waals surface area (Å²) < 4.78 is 2.22. The Labute approximate surface area is 178 Å². The van der Waals surface area contributed by atoms with Gasteiger partial charge in [-0.3, -0.25) is 9.80 Å². The van der Waals surface area contributed by atoms with Crippen LogP contribution in [0.2, 0.25) is 0 Å². The normalized spacial score (nSPS) is 21.4. The monoisotopic (exact) mass is 412 g/mol. The molecule has 8 nitrogen and oxygen atoms in total. The number of amides is 1. The Morgan fingerprint density at radius 1 is 1.17 bits per heavy atom. The maximum atomic E-state index is 11.7. The number of piperazine rings is 1. The van der Waals surface area contributed by atoms with Crippen LogP contribution in [0, 0.1) is 6.92 Å². The summed E-state index contributed by atoms with van der Waals surface area (Å²) in [5.74, 6) is 2.31. The lowest BCUT2D eigenvalue weighted by Gasteiger charge is -2.43. The van der Waals surface area contributed by atoms with Crippen molar-refractivity contribution in [1.82, 2.24) is 19.8 Å². The highest BCUT2D eigenvalue weighted by atomic mass is 16.4. The van der Waals surface area contributed by atoms with E-state index in [0.717, 1.165) is 43.4 Å². The van der Waals surface area contributed by atoms with Crippen LogP contribution in [0.5, 0.6) is 0 Å². The van der Waals surface area contributed by atoms with E-state index in [4.69, 9.17) is 0 Å². The molecule has 2 aliphatic rings. The number of benzene rings is 1. The minimum Gasteiger partial charge on any atom is -0.465 e. The number of aromatic nitrogens is 3. The number of hydrogen-bond donors (Lipinski definition) is 1. The molecular formula is C22H32N6O2. The van der Waals surface area contributed by atoms with Crippen LogP contribution in [0.1, 0.15) is 50.7 Å². The van der Waals surface area contributed by atoms with Crippen LogP contribution in [0.15, 0.2) is 30.3 Å². The van der Waals surface area contributed by atoms with E-state index in [1.165, 1.54) is 17.7 Å². The Bertz CT molecular complexity index is 854. The number of aryl methyl sites for hydroxylation is 1. The van der Waals surface area contributed by atoms with Crippen LogP contribution in [0.3, 0.4) is 0 Å². The highest BCUT2D eigenvalue weighted by Gasteiger charge is 2.40. The van der Waals surface area contributed by atoms with Crippen molar-refractivity contribution in [1.29, 1.82) is 0 Å². The third kappa shape index (κ3) is 4.01. The molecule has 2 saturated heterocycles. The Morgan fingerprint density at radius 2 is 1.83 bits per heavy atom. The van der Waals surface area contributed by atoms with Crippen molar-refractivity contribution in [2.45, 2.75) is 58.0 Å². The van der Waals surface area contributed by atoms with Crippen molar-refractivity contribution in [3.63, 3.8) is 0 Å². The molecule has 0 aliphatic carbocycles. The van der Waals surface area contributed by atoms with Gasteiger partial charge < -0.3 is 10.1 Å². The third-order valence-electron chi connectivity index (χ3n) is 6.33. The second-order valence-electron chi connectivity index (χ2n) is 8.69. The predicted octanol–water partition coefficient (Wildman–Crippen LogP) is 3.07. The number of para-hydroxylation sites is 1. The van der Waals surface area contributed by atoms with Gasteiger partial charge in [0, 0.05) is 36.8 Å². The van der Waals surface area contributed by atoms with Gasteiger partial charge in [0.25, 0.3) is 0 Å². The van der Waals surface area contributed by atoms with Crippen LogP contribution in [0.25, 0.3) is 0 Å². The van der Waals surface area contributed by atoms with Crippen molar-refractivity contribution >= 4 is 11.8 Å². The van der Waals surface area contributed by atoms with Crippen LogP contribution in [-0.2, 0) is 0 Å². The molecule has 1 N–H and O–H groups in total. The summed E-state index contributed by atoms with van der Waals surface area (Å²) in [5, 5.41) is 20.7. The zero-order valence-corrected chi connectivity index (χ0v) is 18.1. The topological polar surface area (TPSA) is 77.7 Å². The molecule has 2 aliphatic heterocycles. The molecule has 162 valence electrons. The highest BCUT2D eigenvalue weighted by molar-refractivity contribution is 5.85. The molecule has 2 bridgehead atoms. The summed E-state index contributed by atoms with van der Waals surface area (Å²) >= 11 is 0. The summed E-state index contributed by atoms with van der Waals surface area (Å²) in [6.07, 6.45) is 2.33. The van der Waals surface area contributed by atoms with Gasteiger partial charge in [0.1, 0.15) is 5.82 Å². The van der Waals surface area contributed by atoms with E-state index in [0.29, 0.717) is 24.5 Å². The Kier molecular flexibility index (Phi) is 5.94. The number of carbonyl (C=O) groups is 1. The first-order valence-corrected chi connectivity index (χ1v) is 10.9. The molecule has 3 heterocycles. The van der Waals surface area contributed by atoms with Gasteiger partial charge in [-0.05, 0) is 38.3 Å². The number of anilines is 1. The van der Waals surface area contributed by atoms with E-state index >= 15 is 0 Å². The lowest BCUT2D eigenvalue weighted by molar-refractivity contribution is 0.152. The number of carboxylic acid groups (broad SMARTS) is 1. The fraction of sp³-hybridized carbons (Fsp3) is 0.591. The zero-order valence-electron chi connectivity index (χ0n) is 18.1. The number of hydrogen-bond acceptors (Lipinski definition) is 5. The summed E-state index contributed by atoms with van der Waals surface area (Å²) in [6, 6.07) is 10.4. The Morgan fingerprint density at radius 3 is 2.43 bits per heavy atom. The van der Waals surface area contributed by atoms with Gasteiger partial charge in [0.15, 0.2) is 5.82 Å². The average Bonchev–Trinajstić information content (AvgIpc) is 3.21. The smallest absolute Gasteiger partial charge is 0.411 e. The van der Waals surface area contributed by atoms with Crippen molar-refractivity contribution in [2.24, 2.45) is 0 Å². The molecule has 30 heavy (non-hydrogen) atoms. The van der Waals surface area contributed by atoms with Gasteiger partial charge in [0.2, 0.25) is 0 Å². The first-order valence-electron chi connectivity index (χ1n) is 10.9. The third-order valence-corrected chi connectivity index (χ3v) is 6.33. The standard InChI is InChI=1S/C22H32N6O2/c1-16(2)21-24-23-17(3)28(21)25-14-19-10-11-20(15-25)26(19)12-7-13-27(22(29)30)18-8-5-4-6-9-18/h4-6,8-9,16,19-20H,7,10-15H2,1-3H3,(H,29,30). The van der Waals surface area contributed by atoms with Gasteiger partial charge >= 0.3 is 6.09 Å². The number of fused-ring (bicyclic) bond motifs is 2. The maximum Gasteiger partial charge on any atom is 0.411 e. The molecule has 1 amide bonds. The Balaban J connectivity index is 1.38. The molecule has 0 radical (unpaired) electrons. The highest BCUT2D eigenvalue weighted by Crippen LogP contribution is 2.31. The SMILES string of the molecule is Cc1nnc(C(C)C)n1N1CC2CCC(C1)N2CCCN(C(=O)O)c1ccccc1. The summed E-state index contributed by atoms with van der Waals surface area (Å²) in [5.41, 5.74) is 0.738. The van der Waals surface area contributed by atoms with Gasteiger partial charge in [-0.25, -0.2) is 9.47 Å². The fourth-order valence-electron chi connectivity index (χ4n) is 4.93. The fourth-order valence-corrected chi connectivity index (χ4v) is 4.93. The number of nitrogens with zero attached hydrogens (tertiary/aromatic N) is 6. The van der Waals surface area contributed by atoms with Gasteiger partial charge in [0.05, 0.1) is 13.1 Å². The van der Waals surface area contributed by atoms with E-state index in [-0.39, 0.29) is 0 Å². The number of rotatable bonds is 7. The minimum absolute atomic E-state index is 0.335. The summed E-state index contributed by atoms with van der Waals surface area (Å²) in [6.45, 7) is 9.72. The van der Waals surface area contributed by atoms with Crippen molar-refractivity contribution < 1.29 is 9.90 Å². The maximum absolute atomic E-state index is 11.7. The molecule has 4 rings (SSSR count). The van der Waals surface area contributed by atoms with Crippen LogP contribution >= 0.6 is 0 Å². The van der Waals surface area contributed by atoms with E-state index < -0.39 is 6.09 Å². The van der Waals surface area contributed by atoms with Gasteiger partial charge in [-0.1, -0.05) is 32.0 Å². The Hall–Kier alpha value is -2.61. The molecule has 0 spiro atoms. The van der Waals surface area contributed by atoms with E-state index in [2.05, 4.69) is 38.6 Å². The molecular weight excluding hydrogens is 380 g/mol. The van der Waals surface area contributed by atoms with Crippen molar-refractivity contribution in [3.8, 4) is 0 Å². The van der Waals surface area contributed by atoms with Crippen LogP contribution in [0.4, 0.5) is 10.5 Å². The van der Waals surface area contributed by atoms with Crippen molar-refractivity contribution in [3.05, 3.63) is 42.0 Å². The summed E-state index contributed by atoms with van der Waals surface area (Å²) in [7, 11) is 0. The zero-order chi connectivity index (χ0) is 21.3. The first kappa shape index (κ1) is 20.7. The molecule has 8 heteroatoms. The first-order chi connectivity index (χ1) is 14.5. The molecule has 1 aromatic heterocycles. The lowest BCUT2D eigenvalue weighted by atomic mass is 10.2. The molecule has 2 unspecified atom stereocenters. The van der Waals surface area contributed by atoms with Crippen molar-refractivity contribution in [2.75, 3.05) is 36.1 Å². The molecule has 2 fully saturated rings.